The quantitative estimate of drug-likeness (QED) is 0.783. The Morgan fingerprint density at radius 1 is 1.17 bits per heavy atom. The Morgan fingerprint density at radius 3 is 2.71 bits per heavy atom. The molecular weight excluding hydrogens is 309 g/mol. The van der Waals surface area contributed by atoms with E-state index in [1.54, 1.807) is 12.1 Å². The first-order chi connectivity index (χ1) is 11.6. The number of aromatic nitrogens is 2. The number of hydrogen-bond acceptors (Lipinski definition) is 4. The molecule has 6 heteroatoms. The Balaban J connectivity index is 1.62. The molecule has 5 nitrogen and oxygen atoms in total. The van der Waals surface area contributed by atoms with Gasteiger partial charge in [0.05, 0.1) is 16.9 Å². The maximum Gasteiger partial charge on any atom is 0.258 e. The first-order valence-corrected chi connectivity index (χ1v) is 7.51. The van der Waals surface area contributed by atoms with E-state index in [9.17, 15) is 9.18 Å². The molecule has 0 fully saturated rings. The number of carbonyl (C=O) groups is 1. The smallest absolute Gasteiger partial charge is 0.258 e. The normalized spacial score (nSPS) is 11.9. The van der Waals surface area contributed by atoms with Gasteiger partial charge in [-0.15, -0.1) is 0 Å². The van der Waals surface area contributed by atoms with Gasteiger partial charge < -0.3 is 10.1 Å². The second-order valence-corrected chi connectivity index (χ2v) is 5.33. The van der Waals surface area contributed by atoms with Crippen LogP contribution in [0, 0.1) is 5.82 Å². The van der Waals surface area contributed by atoms with Crippen LogP contribution in [0.3, 0.4) is 0 Å². The summed E-state index contributed by atoms with van der Waals surface area (Å²) in [6, 6.07) is 13.2. The highest BCUT2D eigenvalue weighted by molar-refractivity contribution is 5.84. The van der Waals surface area contributed by atoms with Crippen molar-refractivity contribution in [2.75, 3.05) is 6.61 Å². The van der Waals surface area contributed by atoms with Crippen molar-refractivity contribution in [2.24, 2.45) is 0 Å². The first kappa shape index (κ1) is 15.9. The van der Waals surface area contributed by atoms with E-state index in [0.717, 1.165) is 16.5 Å². The second-order valence-electron chi connectivity index (χ2n) is 5.33. The molecule has 1 aromatic heterocycles. The number of halogens is 1. The van der Waals surface area contributed by atoms with Crippen molar-refractivity contribution in [3.8, 4) is 5.88 Å². The average Bonchev–Trinajstić information content (AvgIpc) is 2.60. The molecule has 0 unspecified atom stereocenters. The van der Waals surface area contributed by atoms with Gasteiger partial charge in [0.15, 0.2) is 6.61 Å². The Kier molecular flexibility index (Phi) is 4.65. The van der Waals surface area contributed by atoms with Gasteiger partial charge in [0.2, 0.25) is 5.88 Å². The fourth-order valence-electron chi connectivity index (χ4n) is 2.35. The Morgan fingerprint density at radius 2 is 1.92 bits per heavy atom. The lowest BCUT2D eigenvalue weighted by Gasteiger charge is -2.14. The summed E-state index contributed by atoms with van der Waals surface area (Å²) in [5, 5.41) is 3.55. The monoisotopic (exact) mass is 325 g/mol. The fourth-order valence-corrected chi connectivity index (χ4v) is 2.35. The lowest BCUT2D eigenvalue weighted by molar-refractivity contribution is -0.123. The van der Waals surface area contributed by atoms with Crippen LogP contribution in [-0.4, -0.2) is 22.5 Å². The zero-order valence-corrected chi connectivity index (χ0v) is 13.1. The number of carbonyl (C=O) groups excluding carboxylic acids is 1. The lowest BCUT2D eigenvalue weighted by atomic mass is 10.1. The molecule has 0 aliphatic carbocycles. The molecule has 0 saturated heterocycles. The van der Waals surface area contributed by atoms with Crippen LogP contribution >= 0.6 is 0 Å². The summed E-state index contributed by atoms with van der Waals surface area (Å²) in [7, 11) is 0. The summed E-state index contributed by atoms with van der Waals surface area (Å²) in [4.78, 5) is 20.3. The van der Waals surface area contributed by atoms with Crippen LogP contribution in [0.5, 0.6) is 5.88 Å². The molecule has 1 N–H and O–H groups in total. The fraction of sp³-hybridized carbons (Fsp3) is 0.167. The van der Waals surface area contributed by atoms with Gasteiger partial charge >= 0.3 is 0 Å². The molecule has 3 aromatic rings. The number of rotatable bonds is 5. The van der Waals surface area contributed by atoms with Crippen LogP contribution < -0.4 is 10.1 Å². The molecule has 0 aliphatic rings. The minimum Gasteiger partial charge on any atom is -0.467 e. The van der Waals surface area contributed by atoms with Crippen molar-refractivity contribution in [3.05, 3.63) is 66.2 Å². The van der Waals surface area contributed by atoms with E-state index >= 15 is 0 Å². The van der Waals surface area contributed by atoms with E-state index in [4.69, 9.17) is 4.74 Å². The number of fused-ring (bicyclic) bond motifs is 1. The van der Waals surface area contributed by atoms with Gasteiger partial charge in [0, 0.05) is 0 Å². The topological polar surface area (TPSA) is 64.1 Å². The predicted octanol–water partition coefficient (Wildman–Crippen LogP) is 3.03. The van der Waals surface area contributed by atoms with Gasteiger partial charge in [0.25, 0.3) is 5.91 Å². The van der Waals surface area contributed by atoms with Crippen LogP contribution in [0.1, 0.15) is 18.5 Å². The number of para-hydroxylation sites is 1. The summed E-state index contributed by atoms with van der Waals surface area (Å²) >= 11 is 0. The first-order valence-electron chi connectivity index (χ1n) is 7.51. The molecular formula is C18H16FN3O2. The number of amides is 1. The van der Waals surface area contributed by atoms with Crippen LogP contribution in [0.25, 0.3) is 10.9 Å². The summed E-state index contributed by atoms with van der Waals surface area (Å²) in [5.41, 5.74) is 1.57. The van der Waals surface area contributed by atoms with E-state index in [1.807, 2.05) is 31.2 Å². The summed E-state index contributed by atoms with van der Waals surface area (Å²) in [5.74, 6) is -0.226. The van der Waals surface area contributed by atoms with E-state index in [2.05, 4.69) is 15.3 Å². The molecule has 122 valence electrons. The summed E-state index contributed by atoms with van der Waals surface area (Å²) in [6.45, 7) is 1.66. The van der Waals surface area contributed by atoms with Crippen LogP contribution in [0.2, 0.25) is 0 Å². The number of nitrogens with zero attached hydrogens (tertiary/aromatic N) is 2. The minimum atomic E-state index is -0.309. The number of ether oxygens (including phenoxy) is 1. The Hall–Kier alpha value is -3.02. The zero-order valence-electron chi connectivity index (χ0n) is 13.1. The van der Waals surface area contributed by atoms with Crippen molar-refractivity contribution in [3.63, 3.8) is 0 Å². The number of hydrogen-bond donors (Lipinski definition) is 1. The van der Waals surface area contributed by atoms with Crippen molar-refractivity contribution >= 4 is 16.8 Å². The van der Waals surface area contributed by atoms with Crippen molar-refractivity contribution in [1.29, 1.82) is 0 Å². The molecule has 2 aromatic carbocycles. The molecule has 1 heterocycles. The van der Waals surface area contributed by atoms with E-state index in [0.29, 0.717) is 5.88 Å². The Bertz CT molecular complexity index is 847. The van der Waals surface area contributed by atoms with Gasteiger partial charge in [-0.3, -0.25) is 4.79 Å². The molecule has 1 atom stereocenters. The zero-order chi connectivity index (χ0) is 16.9. The van der Waals surface area contributed by atoms with Gasteiger partial charge in [-0.2, -0.15) is 0 Å². The van der Waals surface area contributed by atoms with Gasteiger partial charge in [-0.25, -0.2) is 14.4 Å². The summed E-state index contributed by atoms with van der Waals surface area (Å²) in [6.07, 6.45) is 1.40. The second kappa shape index (κ2) is 7.04. The highest BCUT2D eigenvalue weighted by Gasteiger charge is 2.11. The molecule has 24 heavy (non-hydrogen) atoms. The van der Waals surface area contributed by atoms with E-state index < -0.39 is 0 Å². The highest BCUT2D eigenvalue weighted by atomic mass is 19.1. The van der Waals surface area contributed by atoms with Gasteiger partial charge in [-0.05, 0) is 36.8 Å². The molecule has 0 radical (unpaired) electrons. The maximum absolute atomic E-state index is 12.9. The standard InChI is InChI=1S/C18H16FN3O2/c1-12(13-6-8-14(19)9-7-13)22-17(23)10-24-18-15-4-2-3-5-16(15)20-11-21-18/h2-9,11-12H,10H2,1H3,(H,22,23)/t12-/m0/s1. The highest BCUT2D eigenvalue weighted by Crippen LogP contribution is 2.20. The number of benzene rings is 2. The lowest BCUT2D eigenvalue weighted by Crippen LogP contribution is -2.31. The van der Waals surface area contributed by atoms with Crippen LogP contribution in [0.4, 0.5) is 4.39 Å². The predicted molar refractivity (Wildman–Crippen MR) is 88.0 cm³/mol. The van der Waals surface area contributed by atoms with Gasteiger partial charge in [0.1, 0.15) is 12.1 Å². The molecule has 3 rings (SSSR count). The number of nitrogens with one attached hydrogen (secondary N) is 1. The molecule has 1 amide bonds. The van der Waals surface area contributed by atoms with Crippen molar-refractivity contribution in [2.45, 2.75) is 13.0 Å². The van der Waals surface area contributed by atoms with E-state index in [1.165, 1.54) is 18.5 Å². The van der Waals surface area contributed by atoms with E-state index in [-0.39, 0.29) is 24.4 Å². The molecule has 0 saturated carbocycles. The largest absolute Gasteiger partial charge is 0.467 e. The third-order valence-corrected chi connectivity index (χ3v) is 3.59. The average molecular weight is 325 g/mol. The summed E-state index contributed by atoms with van der Waals surface area (Å²) < 4.78 is 18.4. The van der Waals surface area contributed by atoms with Crippen LogP contribution in [0.15, 0.2) is 54.9 Å². The Labute approximate surface area is 138 Å². The van der Waals surface area contributed by atoms with Crippen LogP contribution in [-0.2, 0) is 4.79 Å². The maximum atomic E-state index is 12.9. The minimum absolute atomic E-state index is 0.160. The molecule has 0 bridgehead atoms. The molecule has 0 spiro atoms. The van der Waals surface area contributed by atoms with Crippen molar-refractivity contribution < 1.29 is 13.9 Å². The molecule has 0 aliphatic heterocycles. The van der Waals surface area contributed by atoms with Crippen molar-refractivity contribution in [1.82, 2.24) is 15.3 Å². The third-order valence-electron chi connectivity index (χ3n) is 3.59. The van der Waals surface area contributed by atoms with Gasteiger partial charge in [-0.1, -0.05) is 24.3 Å². The third kappa shape index (κ3) is 3.65. The SMILES string of the molecule is C[C@H](NC(=O)COc1ncnc2ccccc12)c1ccc(F)cc1.